The van der Waals surface area contributed by atoms with E-state index in [0.717, 1.165) is 32.2 Å². The second kappa shape index (κ2) is 7.29. The summed E-state index contributed by atoms with van der Waals surface area (Å²) in [6.45, 7) is 5.95. The molecule has 2 aliphatic heterocycles. The molecule has 1 aromatic carbocycles. The number of ether oxygens (including phenoxy) is 3. The van der Waals surface area contributed by atoms with E-state index in [1.54, 1.807) is 0 Å². The van der Waals surface area contributed by atoms with Crippen molar-refractivity contribution in [3.8, 4) is 0 Å². The molecule has 142 valence electrons. The topological polar surface area (TPSA) is 48.0 Å². The van der Waals surface area contributed by atoms with Crippen LogP contribution in [0.1, 0.15) is 45.1 Å². The van der Waals surface area contributed by atoms with Crippen molar-refractivity contribution in [3.05, 3.63) is 35.9 Å². The van der Waals surface area contributed by atoms with Gasteiger partial charge in [0.25, 0.3) is 0 Å². The Kier molecular flexibility index (Phi) is 5.04. The molecule has 2 saturated heterocycles. The van der Waals surface area contributed by atoms with Crippen molar-refractivity contribution in [2.24, 2.45) is 5.92 Å². The summed E-state index contributed by atoms with van der Waals surface area (Å²) in [5, 5.41) is 0. The molecule has 26 heavy (non-hydrogen) atoms. The number of benzene rings is 1. The molecule has 4 atom stereocenters. The van der Waals surface area contributed by atoms with Crippen LogP contribution in [0, 0.1) is 5.92 Å². The van der Waals surface area contributed by atoms with Crippen molar-refractivity contribution in [2.45, 2.75) is 70.1 Å². The summed E-state index contributed by atoms with van der Waals surface area (Å²) in [5.41, 5.74) is 1.29. The highest BCUT2D eigenvalue weighted by atomic mass is 16.7. The lowest BCUT2D eigenvalue weighted by atomic mass is 9.73. The number of fused-ring (bicyclic) bond motifs is 1. The molecule has 0 N–H and O–H groups in total. The molecule has 3 fully saturated rings. The Hall–Kier alpha value is -1.43. The Bertz CT molecular complexity index is 628. The molecule has 3 aliphatic rings. The highest BCUT2D eigenvalue weighted by Gasteiger charge is 2.51. The fraction of sp³-hybridized carbons (Fsp3) is 0.667. The largest absolute Gasteiger partial charge is 0.461 e. The predicted octanol–water partition coefficient (Wildman–Crippen LogP) is 3.12. The second-order valence-corrected chi connectivity index (χ2v) is 7.96. The van der Waals surface area contributed by atoms with Gasteiger partial charge in [-0.15, -0.1) is 0 Å². The number of esters is 1. The van der Waals surface area contributed by atoms with Gasteiger partial charge in [0.15, 0.2) is 5.79 Å². The maximum atomic E-state index is 11.6. The minimum Gasteiger partial charge on any atom is -0.461 e. The number of piperidine rings is 1. The molecule has 0 bridgehead atoms. The summed E-state index contributed by atoms with van der Waals surface area (Å²) in [4.78, 5) is 14.1. The van der Waals surface area contributed by atoms with Crippen LogP contribution < -0.4 is 0 Å². The summed E-state index contributed by atoms with van der Waals surface area (Å²) in [6.07, 6.45) is 3.79. The van der Waals surface area contributed by atoms with Crippen LogP contribution in [0.5, 0.6) is 0 Å². The number of hydrogen-bond acceptors (Lipinski definition) is 5. The highest BCUT2D eigenvalue weighted by molar-refractivity contribution is 5.66. The van der Waals surface area contributed by atoms with Gasteiger partial charge in [-0.05, 0) is 31.2 Å². The molecule has 1 spiro atoms. The molecule has 1 aromatic rings. The zero-order valence-corrected chi connectivity index (χ0v) is 15.7. The molecule has 0 aromatic heterocycles. The fourth-order valence-corrected chi connectivity index (χ4v) is 5.03. The Morgan fingerprint density at radius 3 is 2.69 bits per heavy atom. The molecule has 1 saturated carbocycles. The van der Waals surface area contributed by atoms with Gasteiger partial charge in [0, 0.05) is 38.4 Å². The smallest absolute Gasteiger partial charge is 0.302 e. The van der Waals surface area contributed by atoms with E-state index < -0.39 is 5.79 Å². The molecule has 2 heterocycles. The average Bonchev–Trinajstić information content (AvgIpc) is 3.08. The van der Waals surface area contributed by atoms with E-state index in [9.17, 15) is 4.79 Å². The molecule has 5 nitrogen and oxygen atoms in total. The molecular formula is C21H29NO4. The van der Waals surface area contributed by atoms with Crippen LogP contribution in [0.15, 0.2) is 30.3 Å². The van der Waals surface area contributed by atoms with E-state index in [0.29, 0.717) is 25.2 Å². The summed E-state index contributed by atoms with van der Waals surface area (Å²) < 4.78 is 17.7. The van der Waals surface area contributed by atoms with Crippen molar-refractivity contribution >= 4 is 5.97 Å². The molecule has 5 heteroatoms. The van der Waals surface area contributed by atoms with Crippen LogP contribution in [-0.4, -0.2) is 48.1 Å². The normalized spacial score (nSPS) is 33.8. The maximum Gasteiger partial charge on any atom is 0.302 e. The highest BCUT2D eigenvalue weighted by Crippen LogP contribution is 2.46. The summed E-state index contributed by atoms with van der Waals surface area (Å²) in [5.74, 6) is -0.0724. The fourth-order valence-electron chi connectivity index (χ4n) is 5.03. The third kappa shape index (κ3) is 3.53. The Labute approximate surface area is 155 Å². The van der Waals surface area contributed by atoms with Gasteiger partial charge in [0.1, 0.15) is 6.10 Å². The van der Waals surface area contributed by atoms with Crippen LogP contribution in [-0.2, 0) is 25.5 Å². The standard InChI is InChI=1S/C21H29NO4/c1-15-20(26-16(2)23)12-18-8-9-21(24-10-11-25-21)13-19(18)22(15)14-17-6-4-3-5-7-17/h3-7,15,18-20H,8-14H2,1-2H3/t15-,18-,19-,20+/m0/s1. The third-order valence-electron chi connectivity index (χ3n) is 6.32. The predicted molar refractivity (Wildman–Crippen MR) is 97.4 cm³/mol. The van der Waals surface area contributed by atoms with Crippen LogP contribution in [0.4, 0.5) is 0 Å². The lowest BCUT2D eigenvalue weighted by Gasteiger charge is -2.53. The molecule has 0 unspecified atom stereocenters. The van der Waals surface area contributed by atoms with E-state index >= 15 is 0 Å². The first-order valence-corrected chi connectivity index (χ1v) is 9.81. The van der Waals surface area contributed by atoms with E-state index in [4.69, 9.17) is 14.2 Å². The number of likely N-dealkylation sites (tertiary alicyclic amines) is 1. The number of rotatable bonds is 3. The van der Waals surface area contributed by atoms with Gasteiger partial charge in [-0.3, -0.25) is 9.69 Å². The first kappa shape index (κ1) is 18.0. The van der Waals surface area contributed by atoms with Gasteiger partial charge in [-0.1, -0.05) is 30.3 Å². The summed E-state index contributed by atoms with van der Waals surface area (Å²) in [7, 11) is 0. The zero-order valence-electron chi connectivity index (χ0n) is 15.7. The zero-order chi connectivity index (χ0) is 18.1. The molecule has 4 rings (SSSR count). The molecular weight excluding hydrogens is 330 g/mol. The number of hydrogen-bond donors (Lipinski definition) is 0. The lowest BCUT2D eigenvalue weighted by Crippen LogP contribution is -2.60. The lowest BCUT2D eigenvalue weighted by molar-refractivity contribution is -0.214. The van der Waals surface area contributed by atoms with Crippen molar-refractivity contribution in [2.75, 3.05) is 13.2 Å². The van der Waals surface area contributed by atoms with Gasteiger partial charge < -0.3 is 14.2 Å². The van der Waals surface area contributed by atoms with Crippen molar-refractivity contribution in [1.29, 1.82) is 0 Å². The van der Waals surface area contributed by atoms with Gasteiger partial charge >= 0.3 is 5.97 Å². The van der Waals surface area contributed by atoms with E-state index in [1.807, 2.05) is 6.07 Å². The molecule has 0 radical (unpaired) electrons. The van der Waals surface area contributed by atoms with Crippen molar-refractivity contribution < 1.29 is 19.0 Å². The Morgan fingerprint density at radius 1 is 1.27 bits per heavy atom. The van der Waals surface area contributed by atoms with Crippen LogP contribution in [0.2, 0.25) is 0 Å². The quantitative estimate of drug-likeness (QED) is 0.776. The van der Waals surface area contributed by atoms with Crippen LogP contribution >= 0.6 is 0 Å². The van der Waals surface area contributed by atoms with Gasteiger partial charge in [0.2, 0.25) is 0 Å². The second-order valence-electron chi connectivity index (χ2n) is 7.96. The van der Waals surface area contributed by atoms with Crippen LogP contribution in [0.25, 0.3) is 0 Å². The Morgan fingerprint density at radius 2 is 2.00 bits per heavy atom. The summed E-state index contributed by atoms with van der Waals surface area (Å²) in [6, 6.07) is 11.1. The Balaban J connectivity index is 1.59. The van der Waals surface area contributed by atoms with Crippen molar-refractivity contribution in [3.63, 3.8) is 0 Å². The first-order valence-electron chi connectivity index (χ1n) is 9.81. The maximum absolute atomic E-state index is 11.6. The van der Waals surface area contributed by atoms with E-state index in [2.05, 4.69) is 36.1 Å². The van der Waals surface area contributed by atoms with Gasteiger partial charge in [-0.2, -0.15) is 0 Å². The first-order chi connectivity index (χ1) is 12.6. The van der Waals surface area contributed by atoms with E-state index in [1.165, 1.54) is 12.5 Å². The SMILES string of the molecule is CC(=O)O[C@@H]1C[C@@H]2CCC3(C[C@@H]2N(Cc2ccccc2)[C@H]1C)OCCO3. The minimum atomic E-state index is -0.399. The monoisotopic (exact) mass is 359 g/mol. The molecule has 1 aliphatic carbocycles. The van der Waals surface area contributed by atoms with Gasteiger partial charge in [-0.25, -0.2) is 0 Å². The average molecular weight is 359 g/mol. The number of nitrogens with zero attached hydrogens (tertiary/aromatic N) is 1. The minimum absolute atomic E-state index is 0.0445. The van der Waals surface area contributed by atoms with Crippen molar-refractivity contribution in [1.82, 2.24) is 4.90 Å². The molecule has 0 amide bonds. The van der Waals surface area contributed by atoms with Gasteiger partial charge in [0.05, 0.1) is 13.2 Å². The van der Waals surface area contributed by atoms with E-state index in [-0.39, 0.29) is 18.1 Å². The summed E-state index contributed by atoms with van der Waals surface area (Å²) >= 11 is 0. The van der Waals surface area contributed by atoms with Crippen LogP contribution in [0.3, 0.4) is 0 Å². The third-order valence-corrected chi connectivity index (χ3v) is 6.32. The number of carbonyl (C=O) groups is 1. The number of carbonyl (C=O) groups excluding carboxylic acids is 1.